The van der Waals surface area contributed by atoms with Gasteiger partial charge in [0.15, 0.2) is 17.4 Å². The van der Waals surface area contributed by atoms with Gasteiger partial charge in [0.2, 0.25) is 0 Å². The standard InChI is InChI=1S/C29H24F2N4O2/c1-16(2)18-6-8-19(9-7-18)21-11-17(15-32)12-22-26(21)34-28(25-5-4-10-33-25)35(29(22)36)20-13-23(30)27(37-3)24(31)14-20/h6-9,11-14,25,33H,1,4-5,10H2,2-3H3. The average Bonchev–Trinajstić information content (AvgIpc) is 3.43. The molecule has 0 amide bonds. The summed E-state index contributed by atoms with van der Waals surface area (Å²) in [5.41, 5.74) is 3.46. The Morgan fingerprint density at radius 2 is 1.89 bits per heavy atom. The number of benzene rings is 3. The first-order valence-corrected chi connectivity index (χ1v) is 11.9. The second-order valence-electron chi connectivity index (χ2n) is 9.09. The third kappa shape index (κ3) is 4.28. The highest BCUT2D eigenvalue weighted by Gasteiger charge is 2.26. The van der Waals surface area contributed by atoms with E-state index in [9.17, 15) is 18.8 Å². The number of nitrogens with zero attached hydrogens (tertiary/aromatic N) is 3. The number of nitrogens with one attached hydrogen (secondary N) is 1. The SMILES string of the molecule is C=C(C)c1ccc(-c2cc(C#N)cc3c(=O)n(-c4cc(F)c(OC)c(F)c4)c(C4CCCN4)nc23)cc1. The molecule has 4 aromatic rings. The van der Waals surface area contributed by atoms with E-state index in [1.54, 1.807) is 6.07 Å². The van der Waals surface area contributed by atoms with Crippen molar-refractivity contribution in [3.63, 3.8) is 0 Å². The molecule has 0 aliphatic carbocycles. The predicted octanol–water partition coefficient (Wildman–Crippen LogP) is 5.67. The van der Waals surface area contributed by atoms with Crippen molar-refractivity contribution in [1.29, 1.82) is 5.26 Å². The molecule has 6 nitrogen and oxygen atoms in total. The van der Waals surface area contributed by atoms with E-state index >= 15 is 0 Å². The Morgan fingerprint density at radius 3 is 2.46 bits per heavy atom. The van der Waals surface area contributed by atoms with Crippen LogP contribution < -0.4 is 15.6 Å². The van der Waals surface area contributed by atoms with E-state index in [1.807, 2.05) is 31.2 Å². The van der Waals surface area contributed by atoms with Crippen molar-refractivity contribution in [3.05, 3.63) is 94.0 Å². The van der Waals surface area contributed by atoms with Crippen LogP contribution in [0.3, 0.4) is 0 Å². The van der Waals surface area contributed by atoms with Gasteiger partial charge < -0.3 is 10.1 Å². The summed E-state index contributed by atoms with van der Waals surface area (Å²) in [5.74, 6) is -2.04. The number of aromatic nitrogens is 2. The van der Waals surface area contributed by atoms with Crippen LogP contribution in [0.5, 0.6) is 5.75 Å². The fourth-order valence-electron chi connectivity index (χ4n) is 4.78. The second-order valence-corrected chi connectivity index (χ2v) is 9.09. The number of fused-ring (bicyclic) bond motifs is 1. The van der Waals surface area contributed by atoms with Crippen molar-refractivity contribution >= 4 is 16.5 Å². The van der Waals surface area contributed by atoms with E-state index in [4.69, 9.17) is 9.72 Å². The number of halogens is 2. The molecule has 5 rings (SSSR count). The van der Waals surface area contributed by atoms with Crippen LogP contribution in [0, 0.1) is 23.0 Å². The van der Waals surface area contributed by atoms with Crippen molar-refractivity contribution in [2.24, 2.45) is 0 Å². The van der Waals surface area contributed by atoms with Gasteiger partial charge in [-0.1, -0.05) is 36.4 Å². The normalized spacial score (nSPS) is 15.1. The van der Waals surface area contributed by atoms with Gasteiger partial charge in [-0.05, 0) is 49.6 Å². The van der Waals surface area contributed by atoms with Crippen LogP contribution in [0.15, 0.2) is 59.9 Å². The van der Waals surface area contributed by atoms with Gasteiger partial charge in [-0.25, -0.2) is 13.8 Å². The Bertz CT molecular complexity index is 1620. The molecule has 2 heterocycles. The molecule has 3 aromatic carbocycles. The van der Waals surface area contributed by atoms with Gasteiger partial charge in [-0.3, -0.25) is 9.36 Å². The molecule has 0 spiro atoms. The van der Waals surface area contributed by atoms with Gasteiger partial charge in [0.05, 0.1) is 41.4 Å². The van der Waals surface area contributed by atoms with Crippen LogP contribution in [0.25, 0.3) is 33.3 Å². The molecule has 1 fully saturated rings. The van der Waals surface area contributed by atoms with E-state index in [0.29, 0.717) is 23.3 Å². The van der Waals surface area contributed by atoms with E-state index in [-0.39, 0.29) is 22.7 Å². The molecule has 0 radical (unpaired) electrons. The van der Waals surface area contributed by atoms with Gasteiger partial charge in [0, 0.05) is 17.7 Å². The number of hydrogen-bond donors (Lipinski definition) is 1. The van der Waals surface area contributed by atoms with E-state index in [1.165, 1.54) is 17.7 Å². The first-order chi connectivity index (χ1) is 17.8. The largest absolute Gasteiger partial charge is 0.491 e. The first-order valence-electron chi connectivity index (χ1n) is 11.9. The minimum absolute atomic E-state index is 0.00591. The highest BCUT2D eigenvalue weighted by molar-refractivity contribution is 5.95. The molecule has 1 unspecified atom stereocenters. The maximum Gasteiger partial charge on any atom is 0.266 e. The van der Waals surface area contributed by atoms with E-state index < -0.39 is 22.9 Å². The predicted molar refractivity (Wildman–Crippen MR) is 139 cm³/mol. The minimum atomic E-state index is -0.932. The molecular weight excluding hydrogens is 474 g/mol. The van der Waals surface area contributed by atoms with Crippen molar-refractivity contribution < 1.29 is 13.5 Å². The van der Waals surface area contributed by atoms with Crippen molar-refractivity contribution in [2.75, 3.05) is 13.7 Å². The summed E-state index contributed by atoms with van der Waals surface area (Å²) < 4.78 is 35.4. The van der Waals surface area contributed by atoms with Crippen LogP contribution in [0.2, 0.25) is 0 Å². The molecule has 1 aliphatic rings. The monoisotopic (exact) mass is 498 g/mol. The van der Waals surface area contributed by atoms with Gasteiger partial charge in [0.1, 0.15) is 5.82 Å². The minimum Gasteiger partial charge on any atom is -0.491 e. The van der Waals surface area contributed by atoms with E-state index in [2.05, 4.69) is 18.0 Å². The lowest BCUT2D eigenvalue weighted by Gasteiger charge is -2.20. The number of nitriles is 1. The molecule has 1 atom stereocenters. The summed E-state index contributed by atoms with van der Waals surface area (Å²) in [6, 6.07) is 14.7. The molecule has 1 N–H and O–H groups in total. The highest BCUT2D eigenvalue weighted by Crippen LogP contribution is 2.33. The molecule has 1 aliphatic heterocycles. The number of methoxy groups -OCH3 is 1. The zero-order valence-corrected chi connectivity index (χ0v) is 20.4. The van der Waals surface area contributed by atoms with Gasteiger partial charge in [-0.15, -0.1) is 0 Å². The smallest absolute Gasteiger partial charge is 0.266 e. The van der Waals surface area contributed by atoms with Crippen LogP contribution in [-0.2, 0) is 0 Å². The number of ether oxygens (including phenoxy) is 1. The fourth-order valence-corrected chi connectivity index (χ4v) is 4.78. The van der Waals surface area contributed by atoms with Gasteiger partial charge in [0.25, 0.3) is 5.56 Å². The molecule has 1 saturated heterocycles. The quantitative estimate of drug-likeness (QED) is 0.384. The zero-order valence-electron chi connectivity index (χ0n) is 20.4. The topological polar surface area (TPSA) is 79.9 Å². The second kappa shape index (κ2) is 9.60. The van der Waals surface area contributed by atoms with Crippen molar-refractivity contribution in [3.8, 4) is 28.6 Å². The lowest BCUT2D eigenvalue weighted by molar-refractivity contribution is 0.359. The summed E-state index contributed by atoms with van der Waals surface area (Å²) in [4.78, 5) is 18.9. The Balaban J connectivity index is 1.84. The summed E-state index contributed by atoms with van der Waals surface area (Å²) in [6.07, 6.45) is 1.57. The number of allylic oxidation sites excluding steroid dienone is 1. The van der Waals surface area contributed by atoms with Crippen LogP contribution >= 0.6 is 0 Å². The van der Waals surface area contributed by atoms with E-state index in [0.717, 1.165) is 41.8 Å². The number of rotatable bonds is 5. The zero-order chi connectivity index (χ0) is 26.3. The third-order valence-electron chi connectivity index (χ3n) is 6.63. The maximum atomic E-state index is 14.7. The molecule has 1 aromatic heterocycles. The molecule has 37 heavy (non-hydrogen) atoms. The average molecular weight is 499 g/mol. The summed E-state index contributed by atoms with van der Waals surface area (Å²) in [7, 11) is 1.17. The summed E-state index contributed by atoms with van der Waals surface area (Å²) in [5, 5.41) is 13.2. The Kier molecular flexibility index (Phi) is 6.32. The lowest BCUT2D eigenvalue weighted by Crippen LogP contribution is -2.29. The molecule has 8 heteroatoms. The maximum absolute atomic E-state index is 14.7. The Hall–Kier alpha value is -4.35. The Morgan fingerprint density at radius 1 is 1.19 bits per heavy atom. The van der Waals surface area contributed by atoms with Crippen LogP contribution in [0.1, 0.15) is 42.8 Å². The fraction of sp³-hybridized carbons (Fsp3) is 0.207. The summed E-state index contributed by atoms with van der Waals surface area (Å²) >= 11 is 0. The highest BCUT2D eigenvalue weighted by atomic mass is 19.1. The van der Waals surface area contributed by atoms with Gasteiger partial charge >= 0.3 is 0 Å². The molecule has 0 saturated carbocycles. The first kappa shape index (κ1) is 24.3. The molecule has 186 valence electrons. The lowest BCUT2D eigenvalue weighted by atomic mass is 9.97. The Labute approximate surface area is 212 Å². The molecular formula is C29H24F2N4O2. The van der Waals surface area contributed by atoms with Crippen molar-refractivity contribution in [2.45, 2.75) is 25.8 Å². The van der Waals surface area contributed by atoms with Crippen molar-refractivity contribution in [1.82, 2.24) is 14.9 Å². The van der Waals surface area contributed by atoms with Gasteiger partial charge in [-0.2, -0.15) is 5.26 Å². The summed E-state index contributed by atoms with van der Waals surface area (Å²) in [6.45, 7) is 6.61. The molecule has 0 bridgehead atoms. The third-order valence-corrected chi connectivity index (χ3v) is 6.63. The van der Waals surface area contributed by atoms with Crippen LogP contribution in [-0.4, -0.2) is 23.2 Å². The number of hydrogen-bond acceptors (Lipinski definition) is 5. The van der Waals surface area contributed by atoms with Crippen LogP contribution in [0.4, 0.5) is 8.78 Å².